The van der Waals surface area contributed by atoms with Gasteiger partial charge in [0, 0.05) is 24.2 Å². The minimum absolute atomic E-state index is 0.378. The maximum Gasteiger partial charge on any atom is 0.348 e. The van der Waals surface area contributed by atoms with Crippen molar-refractivity contribution in [2.24, 2.45) is 7.05 Å². The summed E-state index contributed by atoms with van der Waals surface area (Å²) in [6.07, 6.45) is 6.46. The molecule has 3 heterocycles. The van der Waals surface area contributed by atoms with Gasteiger partial charge in [-0.15, -0.1) is 11.3 Å². The van der Waals surface area contributed by atoms with Gasteiger partial charge in [-0.3, -0.25) is 4.68 Å². The van der Waals surface area contributed by atoms with Gasteiger partial charge in [0.05, 0.1) is 13.3 Å². The highest BCUT2D eigenvalue weighted by Crippen LogP contribution is 2.34. The van der Waals surface area contributed by atoms with Crippen LogP contribution in [0.1, 0.15) is 9.67 Å². The summed E-state index contributed by atoms with van der Waals surface area (Å²) in [5, 5.41) is 16.7. The molecule has 0 fully saturated rings. The van der Waals surface area contributed by atoms with Gasteiger partial charge < -0.3 is 14.7 Å². The Hall–Kier alpha value is -3.39. The molecule has 0 aliphatic rings. The summed E-state index contributed by atoms with van der Waals surface area (Å²) in [6, 6.07) is 9.16. The number of hydrogen-bond acceptors (Lipinski definition) is 6. The van der Waals surface area contributed by atoms with E-state index < -0.39 is 5.97 Å². The van der Waals surface area contributed by atoms with Crippen LogP contribution in [-0.4, -0.2) is 22.9 Å². The average Bonchev–Trinajstić information content (AvgIpc) is 3.28. The second-order valence-corrected chi connectivity index (χ2v) is 6.98. The van der Waals surface area contributed by atoms with Crippen molar-refractivity contribution in [1.82, 2.24) is 9.78 Å². The fourth-order valence-corrected chi connectivity index (χ4v) is 3.73. The number of aryl methyl sites for hydroxylation is 1. The second-order valence-electron chi connectivity index (χ2n) is 5.89. The van der Waals surface area contributed by atoms with Gasteiger partial charge in [0.15, 0.2) is 6.20 Å². The Balaban J connectivity index is 1.66. The van der Waals surface area contributed by atoms with E-state index in [1.54, 1.807) is 16.9 Å². The lowest BCUT2D eigenvalue weighted by Gasteiger charge is -2.07. The molecule has 0 spiro atoms. The van der Waals surface area contributed by atoms with Crippen molar-refractivity contribution in [2.45, 2.75) is 0 Å². The summed E-state index contributed by atoms with van der Waals surface area (Å²) in [6.45, 7) is 0. The molecule has 8 heteroatoms. The van der Waals surface area contributed by atoms with Gasteiger partial charge in [0.25, 0.3) is 0 Å². The lowest BCUT2D eigenvalue weighted by molar-refractivity contribution is -0.604. The largest absolute Gasteiger partial charge is 0.619 e. The van der Waals surface area contributed by atoms with E-state index in [9.17, 15) is 10.0 Å². The van der Waals surface area contributed by atoms with Crippen LogP contribution in [0.3, 0.4) is 0 Å². The number of fused-ring (bicyclic) bond motifs is 1. The number of esters is 1. The molecule has 0 aliphatic carbocycles. The van der Waals surface area contributed by atoms with Gasteiger partial charge in [-0.2, -0.15) is 9.83 Å². The smallest absolute Gasteiger partial charge is 0.348 e. The van der Waals surface area contributed by atoms with Crippen LogP contribution in [0.25, 0.3) is 21.2 Å². The Morgan fingerprint density at radius 3 is 2.67 bits per heavy atom. The zero-order chi connectivity index (χ0) is 19.0. The Morgan fingerprint density at radius 1 is 1.22 bits per heavy atom. The standard InChI is InChI=1S/C19H15N3O4S/c1-21-9-13(8-20-21)12-3-5-14(6-4-12)26-16-10-22(24)11-18-15(16)7-17(27-18)19(23)25-2/h3-11H,1-2H3. The number of carbonyl (C=O) groups is 1. The summed E-state index contributed by atoms with van der Waals surface area (Å²) in [5.41, 5.74) is 2.01. The van der Waals surface area contributed by atoms with E-state index in [1.165, 1.54) is 30.8 Å². The highest BCUT2D eigenvalue weighted by Gasteiger charge is 2.17. The zero-order valence-electron chi connectivity index (χ0n) is 14.6. The molecule has 0 saturated carbocycles. The number of rotatable bonds is 4. The first-order valence-electron chi connectivity index (χ1n) is 8.05. The van der Waals surface area contributed by atoms with Crippen molar-refractivity contribution in [3.05, 3.63) is 65.2 Å². The average molecular weight is 381 g/mol. The number of methoxy groups -OCH3 is 1. The molecule has 0 saturated heterocycles. The Labute approximate surface area is 158 Å². The molecule has 0 radical (unpaired) electrons. The molecule has 0 bridgehead atoms. The zero-order valence-corrected chi connectivity index (χ0v) is 15.4. The van der Waals surface area contributed by atoms with E-state index in [2.05, 4.69) is 5.10 Å². The molecule has 1 aromatic carbocycles. The summed E-state index contributed by atoms with van der Waals surface area (Å²) in [7, 11) is 3.19. The minimum atomic E-state index is -0.444. The number of pyridine rings is 1. The normalized spacial score (nSPS) is 10.9. The fourth-order valence-electron chi connectivity index (χ4n) is 2.73. The SMILES string of the molecule is COC(=O)c1cc2c(Oc3ccc(-c4cnn(C)c4)cc3)c[n+]([O-])cc2s1. The molecule has 136 valence electrons. The van der Waals surface area contributed by atoms with Gasteiger partial charge >= 0.3 is 5.97 Å². The molecule has 0 aliphatic heterocycles. The predicted molar refractivity (Wildman–Crippen MR) is 101 cm³/mol. The third-order valence-corrected chi connectivity index (χ3v) is 5.07. The molecule has 0 atom stereocenters. The summed E-state index contributed by atoms with van der Waals surface area (Å²) >= 11 is 1.19. The Morgan fingerprint density at radius 2 is 2.00 bits per heavy atom. The van der Waals surface area contributed by atoms with E-state index in [0.29, 0.717) is 31.2 Å². The predicted octanol–water partition coefficient (Wildman–Crippen LogP) is 3.51. The maximum atomic E-state index is 11.9. The van der Waals surface area contributed by atoms with E-state index in [4.69, 9.17) is 9.47 Å². The number of thiophene rings is 1. The quantitative estimate of drug-likeness (QED) is 0.307. The molecule has 7 nitrogen and oxygen atoms in total. The van der Waals surface area contributed by atoms with Crippen LogP contribution in [0.5, 0.6) is 11.5 Å². The number of carbonyl (C=O) groups excluding carboxylic acids is 1. The first-order chi connectivity index (χ1) is 13.0. The minimum Gasteiger partial charge on any atom is -0.619 e. The highest BCUT2D eigenvalue weighted by molar-refractivity contribution is 7.20. The first-order valence-corrected chi connectivity index (χ1v) is 8.87. The van der Waals surface area contributed by atoms with Gasteiger partial charge in [-0.1, -0.05) is 12.1 Å². The number of aromatic nitrogens is 3. The maximum absolute atomic E-state index is 11.9. The lowest BCUT2D eigenvalue weighted by Crippen LogP contribution is -2.24. The van der Waals surface area contributed by atoms with E-state index in [-0.39, 0.29) is 0 Å². The van der Waals surface area contributed by atoms with Crippen LogP contribution in [0, 0.1) is 5.21 Å². The topological polar surface area (TPSA) is 80.3 Å². The van der Waals surface area contributed by atoms with Gasteiger partial charge in [0.1, 0.15) is 15.3 Å². The highest BCUT2D eigenvalue weighted by atomic mass is 32.1. The summed E-state index contributed by atoms with van der Waals surface area (Å²) in [4.78, 5) is 12.2. The summed E-state index contributed by atoms with van der Waals surface area (Å²) < 4.78 is 13.7. The van der Waals surface area contributed by atoms with Gasteiger partial charge in [-0.25, -0.2) is 4.79 Å². The summed E-state index contributed by atoms with van der Waals surface area (Å²) in [5.74, 6) is 0.518. The van der Waals surface area contributed by atoms with Crippen LogP contribution < -0.4 is 9.47 Å². The molecular formula is C19H15N3O4S. The van der Waals surface area contributed by atoms with Crippen LogP contribution in [-0.2, 0) is 11.8 Å². The van der Waals surface area contributed by atoms with Crippen molar-refractivity contribution in [3.8, 4) is 22.6 Å². The van der Waals surface area contributed by atoms with Crippen LogP contribution >= 0.6 is 11.3 Å². The molecular weight excluding hydrogens is 366 g/mol. The third-order valence-electron chi connectivity index (χ3n) is 4.02. The molecule has 0 unspecified atom stereocenters. The van der Waals surface area contributed by atoms with Crippen LogP contribution in [0.2, 0.25) is 0 Å². The van der Waals surface area contributed by atoms with Crippen molar-refractivity contribution in [3.63, 3.8) is 0 Å². The van der Waals surface area contributed by atoms with Crippen molar-refractivity contribution < 1.29 is 19.0 Å². The Bertz CT molecular complexity index is 1130. The van der Waals surface area contributed by atoms with Crippen molar-refractivity contribution in [2.75, 3.05) is 7.11 Å². The number of ether oxygens (including phenoxy) is 2. The lowest BCUT2D eigenvalue weighted by atomic mass is 10.1. The first kappa shape index (κ1) is 17.0. The van der Waals surface area contributed by atoms with Crippen molar-refractivity contribution in [1.29, 1.82) is 0 Å². The molecule has 0 N–H and O–H groups in total. The number of nitrogens with zero attached hydrogens (tertiary/aromatic N) is 3. The van der Waals surface area contributed by atoms with E-state index in [0.717, 1.165) is 11.1 Å². The fraction of sp³-hybridized carbons (Fsp3) is 0.105. The molecule has 27 heavy (non-hydrogen) atoms. The van der Waals surface area contributed by atoms with Crippen LogP contribution in [0.15, 0.2) is 55.1 Å². The molecule has 4 rings (SSSR count). The second kappa shape index (κ2) is 6.73. The number of benzene rings is 1. The number of hydrogen-bond donors (Lipinski definition) is 0. The van der Waals surface area contributed by atoms with E-state index in [1.807, 2.05) is 37.5 Å². The molecule has 4 aromatic rings. The molecule has 0 amide bonds. The van der Waals surface area contributed by atoms with Gasteiger partial charge in [0.2, 0.25) is 11.9 Å². The molecule has 3 aromatic heterocycles. The van der Waals surface area contributed by atoms with Crippen LogP contribution in [0.4, 0.5) is 0 Å². The Kier molecular flexibility index (Phi) is 4.25. The van der Waals surface area contributed by atoms with Gasteiger partial charge in [-0.05, 0) is 23.8 Å². The monoisotopic (exact) mass is 381 g/mol. The van der Waals surface area contributed by atoms with Crippen molar-refractivity contribution >= 4 is 27.4 Å². The third kappa shape index (κ3) is 3.34. The van der Waals surface area contributed by atoms with E-state index >= 15 is 0 Å².